The van der Waals surface area contributed by atoms with E-state index in [0.29, 0.717) is 78.4 Å². The number of H-pyrrole nitrogens is 1. The lowest BCUT2D eigenvalue weighted by Gasteiger charge is -2.37. The number of likely N-dealkylation sites (tertiary alicyclic amines) is 1. The molecular formula is C42H42Cl2F2N10O4. The van der Waals surface area contributed by atoms with Crippen LogP contribution in [0.4, 0.5) is 14.6 Å². The van der Waals surface area contributed by atoms with E-state index in [4.69, 9.17) is 23.2 Å². The number of aromatic amines is 1. The maximum atomic E-state index is 14.7. The van der Waals surface area contributed by atoms with Gasteiger partial charge >= 0.3 is 11.4 Å². The number of carbonyl (C=O) groups is 1. The van der Waals surface area contributed by atoms with Crippen LogP contribution in [0.3, 0.4) is 0 Å². The lowest BCUT2D eigenvalue weighted by molar-refractivity contribution is -0.127. The fourth-order valence-electron chi connectivity index (χ4n) is 7.82. The summed E-state index contributed by atoms with van der Waals surface area (Å²) in [5.41, 5.74) is 3.02. The summed E-state index contributed by atoms with van der Waals surface area (Å²) < 4.78 is 31.0. The molecule has 0 saturated carbocycles. The number of amides is 1. The average Bonchev–Trinajstić information content (AvgIpc) is 3.54. The Hall–Kier alpha value is -5.87. The molecule has 0 unspecified atom stereocenters. The Morgan fingerprint density at radius 1 is 0.767 bits per heavy atom. The highest BCUT2D eigenvalue weighted by Crippen LogP contribution is 2.33. The Balaban J connectivity index is 0.000000197. The number of anilines is 1. The third-order valence-electron chi connectivity index (χ3n) is 10.8. The van der Waals surface area contributed by atoms with Crippen molar-refractivity contribution in [3.8, 4) is 11.4 Å². The first kappa shape index (κ1) is 42.3. The summed E-state index contributed by atoms with van der Waals surface area (Å²) in [6.45, 7) is 17.2. The van der Waals surface area contributed by atoms with Crippen molar-refractivity contribution in [2.75, 3.05) is 24.5 Å². The van der Waals surface area contributed by atoms with Crippen LogP contribution in [0.2, 0.25) is 10.3 Å². The van der Waals surface area contributed by atoms with E-state index < -0.39 is 33.7 Å². The molecule has 2 aliphatic heterocycles. The zero-order valence-corrected chi connectivity index (χ0v) is 35.3. The van der Waals surface area contributed by atoms with Gasteiger partial charge in [0, 0.05) is 43.6 Å². The van der Waals surface area contributed by atoms with Crippen LogP contribution < -0.4 is 21.8 Å². The first-order chi connectivity index (χ1) is 28.5. The van der Waals surface area contributed by atoms with Gasteiger partial charge in [0.05, 0.1) is 33.5 Å². The Kier molecular flexibility index (Phi) is 11.7. The molecule has 1 amide bonds. The van der Waals surface area contributed by atoms with E-state index in [-0.39, 0.29) is 45.6 Å². The maximum Gasteiger partial charge on any atom is 0.355 e. The molecule has 8 rings (SSSR count). The number of halogens is 4. The van der Waals surface area contributed by atoms with Crippen LogP contribution in [0.25, 0.3) is 33.4 Å². The summed E-state index contributed by atoms with van der Waals surface area (Å²) in [7, 11) is 0. The Labute approximate surface area is 352 Å². The molecular weight excluding hydrogens is 817 g/mol. The molecule has 2 fully saturated rings. The van der Waals surface area contributed by atoms with Crippen molar-refractivity contribution in [2.45, 2.75) is 78.7 Å². The second-order valence-corrected chi connectivity index (χ2v) is 16.2. The van der Waals surface area contributed by atoms with E-state index in [9.17, 15) is 28.0 Å². The molecule has 0 atom stereocenters. The van der Waals surface area contributed by atoms with Crippen molar-refractivity contribution in [1.82, 2.24) is 43.9 Å². The van der Waals surface area contributed by atoms with Gasteiger partial charge in [0.15, 0.2) is 33.2 Å². The molecule has 1 N–H and O–H groups in total. The minimum atomic E-state index is -0.827. The maximum absolute atomic E-state index is 14.7. The van der Waals surface area contributed by atoms with Gasteiger partial charge in [0.1, 0.15) is 5.82 Å². The number of fused-ring (bicyclic) bond motifs is 2. The van der Waals surface area contributed by atoms with Gasteiger partial charge in [-0.2, -0.15) is 4.98 Å². The summed E-state index contributed by atoms with van der Waals surface area (Å²) in [5, 5.41) is -0.381. The smallest absolute Gasteiger partial charge is 0.355 e. The number of nitrogens with one attached hydrogen (secondary N) is 1. The zero-order chi connectivity index (χ0) is 43.3. The molecule has 0 aliphatic carbocycles. The van der Waals surface area contributed by atoms with Gasteiger partial charge in [-0.15, -0.1) is 0 Å². The fourth-order valence-corrected chi connectivity index (χ4v) is 8.09. The highest BCUT2D eigenvalue weighted by molar-refractivity contribution is 6.30. The zero-order valence-electron chi connectivity index (χ0n) is 33.8. The van der Waals surface area contributed by atoms with Crippen molar-refractivity contribution in [1.29, 1.82) is 0 Å². The summed E-state index contributed by atoms with van der Waals surface area (Å²) >= 11 is 11.9. The van der Waals surface area contributed by atoms with E-state index in [1.165, 1.54) is 15.2 Å². The lowest BCUT2D eigenvalue weighted by atomic mass is 10.0. The van der Waals surface area contributed by atoms with Gasteiger partial charge in [-0.3, -0.25) is 24.5 Å². The Morgan fingerprint density at radius 3 is 1.80 bits per heavy atom. The largest absolute Gasteiger partial charge is 0.356 e. The van der Waals surface area contributed by atoms with Crippen LogP contribution in [-0.2, 0) is 4.79 Å². The van der Waals surface area contributed by atoms with Crippen LogP contribution in [0.5, 0.6) is 0 Å². The molecule has 14 nitrogen and oxygen atoms in total. The standard InChI is InChI=1S/C26H28ClFN6O2.C16H14ClFN4O2/c1-14(2)20-21(15(3)5-9-29-20)34-24-18(13-19(28)22(27)30-24)23(31-26(34)36)32-10-7-17(8-11-32)33-12-6-16(4)25(33)35;1-7(2)11-12(8(3)4-5-19-11)22-14-9(15(23)21-16(22)24)6-10(18)13(17)20-14/h5,9,13-14,17H,4,6-8,10-12H2,1-3H3;4-7H,1-3H3,(H,21,23,24). The molecule has 312 valence electrons. The van der Waals surface area contributed by atoms with Gasteiger partial charge in [-0.05, 0) is 80.3 Å². The number of hydrogen-bond acceptors (Lipinski definition) is 10. The molecule has 0 bridgehead atoms. The quantitative estimate of drug-likeness (QED) is 0.138. The molecule has 6 aromatic rings. The average molecular weight is 860 g/mol. The van der Waals surface area contributed by atoms with Crippen molar-refractivity contribution in [3.05, 3.63) is 125 Å². The van der Waals surface area contributed by atoms with Crippen molar-refractivity contribution >= 4 is 57.0 Å². The first-order valence-corrected chi connectivity index (χ1v) is 20.2. The van der Waals surface area contributed by atoms with E-state index in [0.717, 1.165) is 17.2 Å². The third-order valence-corrected chi connectivity index (χ3v) is 11.4. The monoisotopic (exact) mass is 858 g/mol. The van der Waals surface area contributed by atoms with E-state index in [2.05, 4.69) is 36.5 Å². The summed E-state index contributed by atoms with van der Waals surface area (Å²) in [4.78, 5) is 78.0. The molecule has 60 heavy (non-hydrogen) atoms. The first-order valence-electron chi connectivity index (χ1n) is 19.4. The number of hydrogen-bond donors (Lipinski definition) is 1. The predicted molar refractivity (Wildman–Crippen MR) is 227 cm³/mol. The number of aromatic nitrogens is 8. The highest BCUT2D eigenvalue weighted by atomic mass is 35.5. The predicted octanol–water partition coefficient (Wildman–Crippen LogP) is 6.85. The number of aryl methyl sites for hydroxylation is 2. The second kappa shape index (κ2) is 16.6. The number of pyridine rings is 4. The second-order valence-electron chi connectivity index (χ2n) is 15.5. The highest BCUT2D eigenvalue weighted by Gasteiger charge is 2.34. The molecule has 2 aliphatic rings. The lowest BCUT2D eigenvalue weighted by Crippen LogP contribution is -2.46. The van der Waals surface area contributed by atoms with Crippen LogP contribution in [0, 0.1) is 25.5 Å². The van der Waals surface area contributed by atoms with Crippen LogP contribution in [-0.4, -0.2) is 75.5 Å². The van der Waals surface area contributed by atoms with Gasteiger partial charge in [-0.25, -0.2) is 37.5 Å². The number of rotatable bonds is 6. The van der Waals surface area contributed by atoms with Crippen LogP contribution in [0.15, 0.2) is 63.2 Å². The van der Waals surface area contributed by atoms with Crippen LogP contribution in [0.1, 0.15) is 81.3 Å². The summed E-state index contributed by atoms with van der Waals surface area (Å²) in [6.07, 6.45) is 5.48. The van der Waals surface area contributed by atoms with Gasteiger partial charge in [0.2, 0.25) is 5.91 Å². The number of nitrogens with zero attached hydrogens (tertiary/aromatic N) is 9. The molecule has 2 saturated heterocycles. The number of piperidine rings is 1. The van der Waals surface area contributed by atoms with Gasteiger partial charge in [0.25, 0.3) is 5.56 Å². The number of carbonyl (C=O) groups excluding carboxylic acids is 1. The van der Waals surface area contributed by atoms with E-state index in [1.54, 1.807) is 18.5 Å². The molecule has 6 aromatic heterocycles. The summed E-state index contributed by atoms with van der Waals surface area (Å²) in [5.74, 6) is -1.07. The Morgan fingerprint density at radius 2 is 1.28 bits per heavy atom. The SMILES string of the molecule is C=C1CCN(C2CCN(c3nc(=O)n(-c4c(C)ccnc4C(C)C)c4nc(Cl)c(F)cc34)CC2)C1=O.Cc1ccnc(C(C)C)c1-n1c(=O)[nH]c(=O)c2cc(F)c(Cl)nc21. The summed E-state index contributed by atoms with van der Waals surface area (Å²) in [6, 6.07) is 5.94. The third kappa shape index (κ3) is 7.69. The van der Waals surface area contributed by atoms with Crippen molar-refractivity contribution in [2.24, 2.45) is 0 Å². The Bertz CT molecular complexity index is 2900. The van der Waals surface area contributed by atoms with E-state index >= 15 is 0 Å². The normalized spacial score (nSPS) is 14.9. The minimum absolute atomic E-state index is 0.00634. The van der Waals surface area contributed by atoms with E-state index in [1.807, 2.05) is 57.4 Å². The van der Waals surface area contributed by atoms with Crippen molar-refractivity contribution in [3.63, 3.8) is 0 Å². The molecule has 18 heteroatoms. The fraction of sp³-hybridized carbons (Fsp3) is 0.357. The minimum Gasteiger partial charge on any atom is -0.356 e. The molecule has 8 heterocycles. The van der Waals surface area contributed by atoms with Gasteiger partial charge < -0.3 is 9.80 Å². The van der Waals surface area contributed by atoms with Crippen LogP contribution >= 0.6 is 23.2 Å². The van der Waals surface area contributed by atoms with Crippen molar-refractivity contribution < 1.29 is 13.6 Å². The molecule has 0 aromatic carbocycles. The molecule has 0 radical (unpaired) electrons. The topological polar surface area (TPSA) is 165 Å². The molecule has 0 spiro atoms. The van der Waals surface area contributed by atoms with Gasteiger partial charge in [-0.1, -0.05) is 57.5 Å².